The van der Waals surface area contributed by atoms with Gasteiger partial charge in [0, 0.05) is 25.7 Å². The van der Waals surface area contributed by atoms with E-state index in [4.69, 9.17) is 0 Å². The lowest BCUT2D eigenvalue weighted by atomic mass is 10.2. The number of piperazine rings is 1. The third-order valence-corrected chi connectivity index (χ3v) is 3.23. The Labute approximate surface area is 101 Å². The van der Waals surface area contributed by atoms with Crippen LogP contribution in [0.1, 0.15) is 6.92 Å². The molecule has 1 saturated heterocycles. The topological polar surface area (TPSA) is 41.0 Å². The summed E-state index contributed by atoms with van der Waals surface area (Å²) in [6, 6.07) is 8.47. The Morgan fingerprint density at radius 2 is 2.12 bits per heavy atom. The molecule has 1 aliphatic heterocycles. The zero-order chi connectivity index (χ0) is 11.7. The van der Waals surface area contributed by atoms with Crippen LogP contribution in [-0.4, -0.2) is 35.6 Å². The molecule has 88 valence electrons. The van der Waals surface area contributed by atoms with Crippen LogP contribution >= 0.6 is 0 Å². The van der Waals surface area contributed by atoms with Crippen LogP contribution < -0.4 is 10.2 Å². The minimum Gasteiger partial charge on any atom is -0.350 e. The lowest BCUT2D eigenvalue weighted by Gasteiger charge is -2.34. The molecule has 0 unspecified atom stereocenters. The van der Waals surface area contributed by atoms with Crippen LogP contribution in [0.5, 0.6) is 0 Å². The zero-order valence-corrected chi connectivity index (χ0v) is 9.93. The maximum atomic E-state index is 4.68. The highest BCUT2D eigenvalue weighted by atomic mass is 15.3. The number of para-hydroxylation sites is 2. The number of nitrogens with one attached hydrogen (secondary N) is 1. The standard InChI is InChI=1S/C13H16N4/c1-10-8-14-6-7-17(10)13-9-15-11-4-2-3-5-12(11)16-13/h2-5,9-10,14H,6-8H2,1H3/t10-/m0/s1. The zero-order valence-electron chi connectivity index (χ0n) is 9.93. The van der Waals surface area contributed by atoms with Gasteiger partial charge in [0.2, 0.25) is 0 Å². The molecule has 0 bridgehead atoms. The van der Waals surface area contributed by atoms with Crippen molar-refractivity contribution >= 4 is 16.9 Å². The van der Waals surface area contributed by atoms with Gasteiger partial charge in [-0.25, -0.2) is 4.98 Å². The number of rotatable bonds is 1. The summed E-state index contributed by atoms with van der Waals surface area (Å²) in [4.78, 5) is 11.5. The van der Waals surface area contributed by atoms with E-state index >= 15 is 0 Å². The van der Waals surface area contributed by atoms with Gasteiger partial charge in [0.25, 0.3) is 0 Å². The van der Waals surface area contributed by atoms with Crippen molar-refractivity contribution in [3.63, 3.8) is 0 Å². The van der Waals surface area contributed by atoms with Gasteiger partial charge >= 0.3 is 0 Å². The quantitative estimate of drug-likeness (QED) is 0.801. The number of hydrogen-bond donors (Lipinski definition) is 1. The molecule has 0 amide bonds. The normalized spacial score (nSPS) is 20.8. The van der Waals surface area contributed by atoms with Gasteiger partial charge in [0.1, 0.15) is 5.82 Å². The minimum atomic E-state index is 0.471. The molecule has 2 aromatic rings. The van der Waals surface area contributed by atoms with Crippen LogP contribution in [0.3, 0.4) is 0 Å². The molecule has 1 aromatic heterocycles. The number of fused-ring (bicyclic) bond motifs is 1. The van der Waals surface area contributed by atoms with Crippen LogP contribution in [0, 0.1) is 0 Å². The maximum Gasteiger partial charge on any atom is 0.148 e. The SMILES string of the molecule is C[C@H]1CNCCN1c1cnc2ccccc2n1. The lowest BCUT2D eigenvalue weighted by molar-refractivity contribution is 0.497. The summed E-state index contributed by atoms with van der Waals surface area (Å²) in [5.74, 6) is 0.984. The molecule has 17 heavy (non-hydrogen) atoms. The maximum absolute atomic E-state index is 4.68. The summed E-state index contributed by atoms with van der Waals surface area (Å²) >= 11 is 0. The first-order valence-corrected chi connectivity index (χ1v) is 6.04. The Hall–Kier alpha value is -1.68. The van der Waals surface area contributed by atoms with Crippen molar-refractivity contribution in [3.8, 4) is 0 Å². The fourth-order valence-corrected chi connectivity index (χ4v) is 2.27. The van der Waals surface area contributed by atoms with Crippen LogP contribution in [0.4, 0.5) is 5.82 Å². The Balaban J connectivity index is 1.99. The molecule has 3 rings (SSSR count). The number of aromatic nitrogens is 2. The highest BCUT2D eigenvalue weighted by Crippen LogP contribution is 2.17. The first-order chi connectivity index (χ1) is 8.34. The second-order valence-corrected chi connectivity index (χ2v) is 4.46. The summed E-state index contributed by atoms with van der Waals surface area (Å²) in [7, 11) is 0. The van der Waals surface area contributed by atoms with Gasteiger partial charge in [0.05, 0.1) is 17.2 Å². The highest BCUT2D eigenvalue weighted by Gasteiger charge is 2.19. The third-order valence-electron chi connectivity index (χ3n) is 3.23. The highest BCUT2D eigenvalue weighted by molar-refractivity contribution is 5.75. The molecule has 1 atom stereocenters. The van der Waals surface area contributed by atoms with Gasteiger partial charge in [-0.2, -0.15) is 0 Å². The molecular formula is C13H16N4. The molecule has 0 spiro atoms. The van der Waals surface area contributed by atoms with E-state index in [0.29, 0.717) is 6.04 Å². The van der Waals surface area contributed by atoms with Crippen molar-refractivity contribution in [1.82, 2.24) is 15.3 Å². The largest absolute Gasteiger partial charge is 0.350 e. The smallest absolute Gasteiger partial charge is 0.148 e. The van der Waals surface area contributed by atoms with Gasteiger partial charge in [0.15, 0.2) is 0 Å². The fraction of sp³-hybridized carbons (Fsp3) is 0.385. The molecule has 1 aromatic carbocycles. The summed E-state index contributed by atoms with van der Waals surface area (Å²) in [5.41, 5.74) is 1.93. The Bertz CT molecular complexity index is 526. The van der Waals surface area contributed by atoms with Crippen LogP contribution in [-0.2, 0) is 0 Å². The van der Waals surface area contributed by atoms with Crippen molar-refractivity contribution in [2.75, 3.05) is 24.5 Å². The van der Waals surface area contributed by atoms with Gasteiger partial charge in [-0.05, 0) is 19.1 Å². The molecular weight excluding hydrogens is 212 g/mol. The first-order valence-electron chi connectivity index (χ1n) is 6.04. The van der Waals surface area contributed by atoms with Crippen LogP contribution in [0.25, 0.3) is 11.0 Å². The number of nitrogens with zero attached hydrogens (tertiary/aromatic N) is 3. The molecule has 0 aliphatic carbocycles. The first kappa shape index (κ1) is 10.5. The molecule has 0 radical (unpaired) electrons. The van der Waals surface area contributed by atoms with E-state index in [0.717, 1.165) is 36.5 Å². The predicted molar refractivity (Wildman–Crippen MR) is 69.2 cm³/mol. The van der Waals surface area contributed by atoms with Gasteiger partial charge in [-0.3, -0.25) is 4.98 Å². The molecule has 1 aliphatic rings. The average Bonchev–Trinajstić information content (AvgIpc) is 2.39. The summed E-state index contributed by atoms with van der Waals surface area (Å²) in [5, 5.41) is 3.38. The summed E-state index contributed by atoms with van der Waals surface area (Å²) in [6.45, 7) is 5.23. The summed E-state index contributed by atoms with van der Waals surface area (Å²) < 4.78 is 0. The molecule has 0 saturated carbocycles. The second kappa shape index (κ2) is 4.30. The molecule has 2 heterocycles. The van der Waals surface area contributed by atoms with Crippen molar-refractivity contribution in [1.29, 1.82) is 0 Å². The van der Waals surface area contributed by atoms with Gasteiger partial charge in [-0.15, -0.1) is 0 Å². The predicted octanol–water partition coefficient (Wildman–Crippen LogP) is 1.43. The minimum absolute atomic E-state index is 0.471. The Kier molecular flexibility index (Phi) is 2.65. The Morgan fingerprint density at radius 1 is 1.29 bits per heavy atom. The van der Waals surface area contributed by atoms with E-state index in [9.17, 15) is 0 Å². The van der Waals surface area contributed by atoms with Gasteiger partial charge < -0.3 is 10.2 Å². The second-order valence-electron chi connectivity index (χ2n) is 4.46. The lowest BCUT2D eigenvalue weighted by Crippen LogP contribution is -2.50. The van der Waals surface area contributed by atoms with Crippen molar-refractivity contribution in [2.24, 2.45) is 0 Å². The van der Waals surface area contributed by atoms with E-state index in [-0.39, 0.29) is 0 Å². The molecule has 4 nitrogen and oxygen atoms in total. The van der Waals surface area contributed by atoms with Gasteiger partial charge in [-0.1, -0.05) is 12.1 Å². The van der Waals surface area contributed by atoms with E-state index in [1.807, 2.05) is 30.5 Å². The summed E-state index contributed by atoms with van der Waals surface area (Å²) in [6.07, 6.45) is 1.88. The van der Waals surface area contributed by atoms with Crippen molar-refractivity contribution in [3.05, 3.63) is 30.5 Å². The van der Waals surface area contributed by atoms with Crippen LogP contribution in [0.15, 0.2) is 30.5 Å². The van der Waals surface area contributed by atoms with E-state index in [1.54, 1.807) is 0 Å². The van der Waals surface area contributed by atoms with E-state index in [2.05, 4.69) is 27.1 Å². The monoisotopic (exact) mass is 228 g/mol. The molecule has 1 fully saturated rings. The van der Waals surface area contributed by atoms with Crippen molar-refractivity contribution in [2.45, 2.75) is 13.0 Å². The van der Waals surface area contributed by atoms with Crippen LogP contribution in [0.2, 0.25) is 0 Å². The Morgan fingerprint density at radius 3 is 2.94 bits per heavy atom. The molecule has 1 N–H and O–H groups in total. The number of hydrogen-bond acceptors (Lipinski definition) is 4. The van der Waals surface area contributed by atoms with E-state index in [1.165, 1.54) is 0 Å². The molecule has 4 heteroatoms. The average molecular weight is 228 g/mol. The third kappa shape index (κ3) is 1.96. The number of benzene rings is 1. The van der Waals surface area contributed by atoms with E-state index < -0.39 is 0 Å². The van der Waals surface area contributed by atoms with Crippen molar-refractivity contribution < 1.29 is 0 Å². The number of anilines is 1. The fourth-order valence-electron chi connectivity index (χ4n) is 2.27.